The van der Waals surface area contributed by atoms with E-state index in [2.05, 4.69) is 19.1 Å². The van der Waals surface area contributed by atoms with E-state index in [-0.39, 0.29) is 11.4 Å². The average Bonchev–Trinajstić information content (AvgIpc) is 2.84. The van der Waals surface area contributed by atoms with Crippen molar-refractivity contribution in [1.82, 2.24) is 0 Å². The lowest BCUT2D eigenvalue weighted by Crippen LogP contribution is -2.34. The zero-order chi connectivity index (χ0) is 9.97. The summed E-state index contributed by atoms with van der Waals surface area (Å²) in [5.74, 6) is 1.09. The molecule has 3 rings (SSSR count). The zero-order valence-corrected chi connectivity index (χ0v) is 8.75. The molecule has 2 fully saturated rings. The van der Waals surface area contributed by atoms with Gasteiger partial charge in [-0.25, -0.2) is 0 Å². The molecule has 0 amide bonds. The average molecular weight is 192 g/mol. The Morgan fingerprint density at radius 3 is 2.64 bits per heavy atom. The predicted octanol–water partition coefficient (Wildman–Crippen LogP) is 2.15. The summed E-state index contributed by atoms with van der Waals surface area (Å²) >= 11 is 0. The van der Waals surface area contributed by atoms with Gasteiger partial charge in [0.2, 0.25) is 0 Å². The van der Waals surface area contributed by atoms with Crippen LogP contribution in [0.25, 0.3) is 0 Å². The predicted molar refractivity (Wildman–Crippen MR) is 52.5 cm³/mol. The van der Waals surface area contributed by atoms with E-state index in [1.165, 1.54) is 20.0 Å². The number of carbonyl (C=O) groups excluding carboxylic acids is 1. The second-order valence-electron chi connectivity index (χ2n) is 5.32. The topological polar surface area (TPSA) is 26.3 Å². The fraction of sp³-hybridized carbons (Fsp3) is 0.750. The lowest BCUT2D eigenvalue weighted by Gasteiger charge is -2.29. The van der Waals surface area contributed by atoms with Gasteiger partial charge >= 0.3 is 5.97 Å². The molecule has 0 unspecified atom stereocenters. The standard InChI is InChI=1S/C12H16O2/c1-11(10(13)14-2)7-8-3-4-9(11)12(8)5-6-12/h3-4,8-9H,5-7H2,1-2H3/t8-,9+,11+/m1/s1. The van der Waals surface area contributed by atoms with Gasteiger partial charge in [0.05, 0.1) is 12.5 Å². The molecule has 2 saturated carbocycles. The molecule has 0 aromatic carbocycles. The number of carbonyl (C=O) groups is 1. The molecular weight excluding hydrogens is 176 g/mol. The molecule has 0 aromatic rings. The zero-order valence-electron chi connectivity index (χ0n) is 8.75. The number of esters is 1. The molecule has 0 saturated heterocycles. The molecule has 2 nitrogen and oxygen atoms in total. The summed E-state index contributed by atoms with van der Waals surface area (Å²) in [5, 5.41) is 0. The van der Waals surface area contributed by atoms with Crippen LogP contribution in [0.1, 0.15) is 26.2 Å². The fourth-order valence-electron chi connectivity index (χ4n) is 3.83. The summed E-state index contributed by atoms with van der Waals surface area (Å²) in [6.45, 7) is 2.08. The van der Waals surface area contributed by atoms with Crippen LogP contribution in [-0.4, -0.2) is 13.1 Å². The first-order chi connectivity index (χ1) is 6.63. The van der Waals surface area contributed by atoms with Crippen molar-refractivity contribution >= 4 is 5.97 Å². The van der Waals surface area contributed by atoms with E-state index in [1.54, 1.807) is 0 Å². The highest BCUT2D eigenvalue weighted by atomic mass is 16.5. The van der Waals surface area contributed by atoms with Gasteiger partial charge in [0, 0.05) is 0 Å². The van der Waals surface area contributed by atoms with Crippen molar-refractivity contribution in [1.29, 1.82) is 0 Å². The first-order valence-electron chi connectivity index (χ1n) is 5.40. The highest BCUT2D eigenvalue weighted by molar-refractivity contribution is 5.78. The third-order valence-corrected chi connectivity index (χ3v) is 4.70. The van der Waals surface area contributed by atoms with E-state index in [0.717, 1.165) is 6.42 Å². The molecule has 2 bridgehead atoms. The first-order valence-corrected chi connectivity index (χ1v) is 5.40. The van der Waals surface area contributed by atoms with Gasteiger partial charge in [-0.05, 0) is 43.4 Å². The largest absolute Gasteiger partial charge is 0.469 e. The highest BCUT2D eigenvalue weighted by Crippen LogP contribution is 2.73. The Labute approximate surface area is 84.3 Å². The molecular formula is C12H16O2. The van der Waals surface area contributed by atoms with Crippen LogP contribution in [0.4, 0.5) is 0 Å². The summed E-state index contributed by atoms with van der Waals surface area (Å²) in [7, 11) is 1.50. The number of methoxy groups -OCH3 is 1. The molecule has 3 aliphatic rings. The number of hydrogen-bond acceptors (Lipinski definition) is 2. The van der Waals surface area contributed by atoms with Gasteiger partial charge in [-0.3, -0.25) is 4.79 Å². The number of ether oxygens (including phenoxy) is 1. The Bertz CT molecular complexity index is 327. The Hall–Kier alpha value is -0.790. The van der Waals surface area contributed by atoms with Crippen molar-refractivity contribution in [2.75, 3.05) is 7.11 Å². The maximum absolute atomic E-state index is 11.8. The highest BCUT2D eigenvalue weighted by Gasteiger charge is 2.69. The Morgan fingerprint density at radius 2 is 2.14 bits per heavy atom. The summed E-state index contributed by atoms with van der Waals surface area (Å²) in [5.41, 5.74) is 0.244. The van der Waals surface area contributed by atoms with Crippen LogP contribution in [0.3, 0.4) is 0 Å². The SMILES string of the molecule is COC(=O)[C@@]1(C)C[C@H]2C=C[C@@H]1C21CC1. The molecule has 3 atom stereocenters. The maximum Gasteiger partial charge on any atom is 0.312 e. The molecule has 0 aromatic heterocycles. The molecule has 2 heteroatoms. The van der Waals surface area contributed by atoms with Crippen molar-refractivity contribution in [2.24, 2.45) is 22.7 Å². The van der Waals surface area contributed by atoms with E-state index in [4.69, 9.17) is 4.74 Å². The molecule has 14 heavy (non-hydrogen) atoms. The van der Waals surface area contributed by atoms with Gasteiger partial charge in [0.1, 0.15) is 0 Å². The second kappa shape index (κ2) is 2.23. The number of allylic oxidation sites excluding steroid dienone is 2. The molecule has 0 heterocycles. The van der Waals surface area contributed by atoms with Crippen molar-refractivity contribution in [2.45, 2.75) is 26.2 Å². The molecule has 0 radical (unpaired) electrons. The van der Waals surface area contributed by atoms with Gasteiger partial charge in [-0.15, -0.1) is 0 Å². The summed E-state index contributed by atoms with van der Waals surface area (Å²) in [4.78, 5) is 11.8. The molecule has 76 valence electrons. The van der Waals surface area contributed by atoms with Gasteiger partial charge in [0.15, 0.2) is 0 Å². The van der Waals surface area contributed by atoms with E-state index >= 15 is 0 Å². The normalized spacial score (nSPS) is 45.9. The van der Waals surface area contributed by atoms with E-state index in [9.17, 15) is 4.79 Å². The second-order valence-corrected chi connectivity index (χ2v) is 5.32. The molecule has 1 spiro atoms. The summed E-state index contributed by atoms with van der Waals surface area (Å²) in [6.07, 6.45) is 8.20. The third-order valence-electron chi connectivity index (χ3n) is 4.70. The van der Waals surface area contributed by atoms with Crippen molar-refractivity contribution in [3.8, 4) is 0 Å². The molecule has 0 aliphatic heterocycles. The fourth-order valence-corrected chi connectivity index (χ4v) is 3.83. The smallest absolute Gasteiger partial charge is 0.312 e. The van der Waals surface area contributed by atoms with Gasteiger partial charge in [-0.2, -0.15) is 0 Å². The van der Waals surface area contributed by atoms with Crippen LogP contribution in [0.2, 0.25) is 0 Å². The quantitative estimate of drug-likeness (QED) is 0.470. The van der Waals surface area contributed by atoms with Crippen LogP contribution < -0.4 is 0 Å². The maximum atomic E-state index is 11.8. The van der Waals surface area contributed by atoms with Gasteiger partial charge in [0.25, 0.3) is 0 Å². The molecule has 3 aliphatic carbocycles. The lowest BCUT2D eigenvalue weighted by molar-refractivity contribution is -0.153. The Balaban J connectivity index is 1.99. The van der Waals surface area contributed by atoms with E-state index < -0.39 is 0 Å². The van der Waals surface area contributed by atoms with Gasteiger partial charge in [-0.1, -0.05) is 12.2 Å². The minimum Gasteiger partial charge on any atom is -0.469 e. The van der Waals surface area contributed by atoms with Gasteiger partial charge < -0.3 is 4.74 Å². The number of hydrogen-bond donors (Lipinski definition) is 0. The van der Waals surface area contributed by atoms with Crippen LogP contribution in [0, 0.1) is 22.7 Å². The summed E-state index contributed by atoms with van der Waals surface area (Å²) in [6, 6.07) is 0. The first kappa shape index (κ1) is 8.51. The van der Waals surface area contributed by atoms with Crippen molar-refractivity contribution in [3.63, 3.8) is 0 Å². The van der Waals surface area contributed by atoms with Crippen molar-refractivity contribution < 1.29 is 9.53 Å². The third kappa shape index (κ3) is 0.723. The van der Waals surface area contributed by atoms with Crippen molar-refractivity contribution in [3.05, 3.63) is 12.2 Å². The summed E-state index contributed by atoms with van der Waals surface area (Å²) < 4.78 is 4.94. The number of rotatable bonds is 1. The monoisotopic (exact) mass is 192 g/mol. The van der Waals surface area contributed by atoms with Crippen LogP contribution in [0.15, 0.2) is 12.2 Å². The molecule has 0 N–H and O–H groups in total. The van der Waals surface area contributed by atoms with E-state index in [0.29, 0.717) is 17.3 Å². The van der Waals surface area contributed by atoms with Crippen LogP contribution in [-0.2, 0) is 9.53 Å². The lowest BCUT2D eigenvalue weighted by atomic mass is 9.76. The Kier molecular flexibility index (Phi) is 1.36. The van der Waals surface area contributed by atoms with Crippen LogP contribution >= 0.6 is 0 Å². The van der Waals surface area contributed by atoms with E-state index in [1.807, 2.05) is 0 Å². The Morgan fingerprint density at radius 1 is 1.43 bits per heavy atom. The van der Waals surface area contributed by atoms with Crippen LogP contribution in [0.5, 0.6) is 0 Å². The minimum atomic E-state index is -0.231. The minimum absolute atomic E-state index is 0.0133.